The van der Waals surface area contributed by atoms with E-state index >= 15 is 0 Å². The molecule has 1 amide bonds. The van der Waals surface area contributed by atoms with E-state index in [1.807, 2.05) is 55.6 Å². The number of aryl methyl sites for hydroxylation is 1. The molecule has 4 aromatic rings. The second-order valence-electron chi connectivity index (χ2n) is 6.65. The molecule has 6 nitrogen and oxygen atoms in total. The number of carbonyl (C=O) groups is 1. The van der Waals surface area contributed by atoms with E-state index in [2.05, 4.69) is 31.7 Å². The summed E-state index contributed by atoms with van der Waals surface area (Å²) in [4.78, 5) is 24.0. The van der Waals surface area contributed by atoms with Gasteiger partial charge in [-0.25, -0.2) is 9.97 Å². The van der Waals surface area contributed by atoms with Gasteiger partial charge in [0.1, 0.15) is 17.8 Å². The maximum atomic E-state index is 12.5. The van der Waals surface area contributed by atoms with E-state index in [9.17, 15) is 4.79 Å². The summed E-state index contributed by atoms with van der Waals surface area (Å²) in [5.74, 6) is 0.372. The normalized spacial score (nSPS) is 10.8. The van der Waals surface area contributed by atoms with Gasteiger partial charge in [-0.15, -0.1) is 0 Å². The maximum Gasteiger partial charge on any atom is 0.270 e. The summed E-state index contributed by atoms with van der Waals surface area (Å²) in [5.41, 5.74) is 4.69. The van der Waals surface area contributed by atoms with E-state index in [0.29, 0.717) is 18.1 Å². The highest BCUT2D eigenvalue weighted by Crippen LogP contribution is 2.18. The Hall–Kier alpha value is -3.67. The van der Waals surface area contributed by atoms with E-state index in [-0.39, 0.29) is 5.91 Å². The number of aromatic nitrogens is 3. The smallest absolute Gasteiger partial charge is 0.270 e. The van der Waals surface area contributed by atoms with Crippen LogP contribution in [0.15, 0.2) is 67.1 Å². The first-order valence-electron chi connectivity index (χ1n) is 9.18. The molecule has 0 saturated carbocycles. The number of rotatable bonds is 6. The molecule has 3 N–H and O–H groups in total. The minimum Gasteiger partial charge on any atom is -0.361 e. The Morgan fingerprint density at radius 2 is 1.96 bits per heavy atom. The van der Waals surface area contributed by atoms with Crippen molar-refractivity contribution in [2.24, 2.45) is 0 Å². The van der Waals surface area contributed by atoms with Crippen LogP contribution in [-0.4, -0.2) is 27.4 Å². The number of hydrogen-bond donors (Lipinski definition) is 3. The number of carbonyl (C=O) groups excluding carboxylic acids is 1. The van der Waals surface area contributed by atoms with Crippen molar-refractivity contribution >= 4 is 28.3 Å². The van der Waals surface area contributed by atoms with Crippen molar-refractivity contribution in [1.29, 1.82) is 0 Å². The minimum atomic E-state index is -0.213. The van der Waals surface area contributed by atoms with Crippen molar-refractivity contribution < 1.29 is 4.79 Å². The first-order valence-corrected chi connectivity index (χ1v) is 9.18. The van der Waals surface area contributed by atoms with Crippen LogP contribution < -0.4 is 10.6 Å². The highest BCUT2D eigenvalue weighted by Gasteiger charge is 2.09. The molecule has 2 aromatic heterocycles. The lowest BCUT2D eigenvalue weighted by Gasteiger charge is -2.08. The molecule has 2 heterocycles. The van der Waals surface area contributed by atoms with Crippen LogP contribution in [-0.2, 0) is 6.42 Å². The molecular formula is C22H21N5O. The molecule has 0 spiro atoms. The fourth-order valence-corrected chi connectivity index (χ4v) is 3.16. The van der Waals surface area contributed by atoms with Gasteiger partial charge in [0.05, 0.1) is 0 Å². The maximum absolute atomic E-state index is 12.5. The summed E-state index contributed by atoms with van der Waals surface area (Å²) in [7, 11) is 0. The average molecular weight is 371 g/mol. The molecule has 0 aliphatic rings. The Labute approximate surface area is 163 Å². The van der Waals surface area contributed by atoms with Crippen molar-refractivity contribution in [2.75, 3.05) is 11.9 Å². The second-order valence-corrected chi connectivity index (χ2v) is 6.65. The van der Waals surface area contributed by atoms with E-state index in [1.54, 1.807) is 6.07 Å². The monoisotopic (exact) mass is 371 g/mol. The number of hydrogen-bond acceptors (Lipinski definition) is 4. The number of benzene rings is 2. The van der Waals surface area contributed by atoms with Gasteiger partial charge in [0.25, 0.3) is 5.91 Å². The molecule has 0 atom stereocenters. The molecule has 6 heteroatoms. The Balaban J connectivity index is 1.38. The third kappa shape index (κ3) is 4.01. The zero-order valence-corrected chi connectivity index (χ0v) is 15.6. The third-order valence-corrected chi connectivity index (χ3v) is 4.55. The molecule has 0 saturated heterocycles. The number of H-pyrrole nitrogens is 1. The van der Waals surface area contributed by atoms with Crippen molar-refractivity contribution in [3.05, 3.63) is 83.9 Å². The Kier molecular flexibility index (Phi) is 5.01. The molecule has 0 unspecified atom stereocenters. The topological polar surface area (TPSA) is 82.7 Å². The molecule has 28 heavy (non-hydrogen) atoms. The lowest BCUT2D eigenvalue weighted by molar-refractivity contribution is 0.0949. The molecular weight excluding hydrogens is 350 g/mol. The van der Waals surface area contributed by atoms with Crippen molar-refractivity contribution in [3.8, 4) is 0 Å². The number of para-hydroxylation sites is 1. The van der Waals surface area contributed by atoms with Gasteiger partial charge in [-0.1, -0.05) is 30.3 Å². The van der Waals surface area contributed by atoms with Crippen molar-refractivity contribution in [3.63, 3.8) is 0 Å². The second kappa shape index (κ2) is 7.92. The average Bonchev–Trinajstić information content (AvgIpc) is 3.11. The van der Waals surface area contributed by atoms with E-state index < -0.39 is 0 Å². The van der Waals surface area contributed by atoms with Crippen molar-refractivity contribution in [2.45, 2.75) is 13.3 Å². The third-order valence-electron chi connectivity index (χ3n) is 4.55. The largest absolute Gasteiger partial charge is 0.361 e. The van der Waals surface area contributed by atoms with Crippen LogP contribution in [0.3, 0.4) is 0 Å². The fourth-order valence-electron chi connectivity index (χ4n) is 3.16. The summed E-state index contributed by atoms with van der Waals surface area (Å²) in [6.07, 6.45) is 4.13. The number of amides is 1. The molecule has 0 aliphatic carbocycles. The zero-order chi connectivity index (χ0) is 19.3. The molecule has 0 aliphatic heterocycles. The van der Waals surface area contributed by atoms with Gasteiger partial charge in [0.2, 0.25) is 0 Å². The number of nitrogens with one attached hydrogen (secondary N) is 3. The summed E-state index contributed by atoms with van der Waals surface area (Å²) in [6.45, 7) is 2.56. The summed E-state index contributed by atoms with van der Waals surface area (Å²) >= 11 is 0. The molecule has 140 valence electrons. The summed E-state index contributed by atoms with van der Waals surface area (Å²) in [6, 6.07) is 17.8. The molecule has 0 bridgehead atoms. The van der Waals surface area contributed by atoms with Crippen LogP contribution in [0, 0.1) is 6.92 Å². The van der Waals surface area contributed by atoms with Crippen LogP contribution in [0.5, 0.6) is 0 Å². The summed E-state index contributed by atoms with van der Waals surface area (Å²) < 4.78 is 0. The number of aromatic amines is 1. The fraction of sp³-hybridized carbons (Fsp3) is 0.136. The van der Waals surface area contributed by atoms with Gasteiger partial charge < -0.3 is 15.6 Å². The Bertz CT molecular complexity index is 1120. The standard InChI is InChI=1S/C22H21N5O/c1-15-5-4-6-17(11-15)27-21-12-20(25-14-26-21)22(28)23-10-9-16-13-24-19-8-3-2-7-18(16)19/h2-8,11-14,24H,9-10H2,1H3,(H,23,28)(H,25,26,27). The number of nitrogens with zero attached hydrogens (tertiary/aromatic N) is 2. The predicted molar refractivity (Wildman–Crippen MR) is 111 cm³/mol. The van der Waals surface area contributed by atoms with Crippen molar-refractivity contribution in [1.82, 2.24) is 20.3 Å². The Morgan fingerprint density at radius 3 is 2.86 bits per heavy atom. The van der Waals surface area contributed by atoms with Crippen LogP contribution in [0.25, 0.3) is 10.9 Å². The molecule has 2 aromatic carbocycles. The zero-order valence-electron chi connectivity index (χ0n) is 15.6. The minimum absolute atomic E-state index is 0.213. The molecule has 0 fully saturated rings. The van der Waals surface area contributed by atoms with Gasteiger partial charge in [-0.3, -0.25) is 4.79 Å². The number of fused-ring (bicyclic) bond motifs is 1. The lowest BCUT2D eigenvalue weighted by atomic mass is 10.1. The van der Waals surface area contributed by atoms with Gasteiger partial charge in [-0.2, -0.15) is 0 Å². The van der Waals surface area contributed by atoms with Crippen LogP contribution in [0.4, 0.5) is 11.5 Å². The predicted octanol–water partition coefficient (Wildman–Crippen LogP) is 3.98. The van der Waals surface area contributed by atoms with E-state index in [0.717, 1.165) is 23.2 Å². The van der Waals surface area contributed by atoms with Gasteiger partial charge >= 0.3 is 0 Å². The molecule has 4 rings (SSSR count). The molecule has 0 radical (unpaired) electrons. The van der Waals surface area contributed by atoms with Crippen LogP contribution >= 0.6 is 0 Å². The van der Waals surface area contributed by atoms with Gasteiger partial charge in [0.15, 0.2) is 0 Å². The van der Waals surface area contributed by atoms with Crippen LogP contribution in [0.1, 0.15) is 21.6 Å². The quantitative estimate of drug-likeness (QED) is 0.479. The SMILES string of the molecule is Cc1cccc(Nc2cc(C(=O)NCCc3c[nH]c4ccccc34)ncn2)c1. The van der Waals surface area contributed by atoms with Gasteiger partial charge in [-0.05, 0) is 42.7 Å². The van der Waals surface area contributed by atoms with Crippen LogP contribution in [0.2, 0.25) is 0 Å². The highest BCUT2D eigenvalue weighted by atomic mass is 16.1. The first-order chi connectivity index (χ1) is 13.7. The first kappa shape index (κ1) is 17.7. The van der Waals surface area contributed by atoms with E-state index in [4.69, 9.17) is 0 Å². The Morgan fingerprint density at radius 1 is 1.07 bits per heavy atom. The number of anilines is 2. The summed E-state index contributed by atoms with van der Waals surface area (Å²) in [5, 5.41) is 7.32. The lowest BCUT2D eigenvalue weighted by Crippen LogP contribution is -2.26. The van der Waals surface area contributed by atoms with E-state index in [1.165, 1.54) is 17.3 Å². The van der Waals surface area contributed by atoms with Gasteiger partial charge in [0, 0.05) is 35.4 Å². The highest BCUT2D eigenvalue weighted by molar-refractivity contribution is 5.93.